The van der Waals surface area contributed by atoms with E-state index < -0.39 is 0 Å². The topological polar surface area (TPSA) is 69.0 Å². The Hall–Kier alpha value is -2.61. The summed E-state index contributed by atoms with van der Waals surface area (Å²) >= 11 is 0. The van der Waals surface area contributed by atoms with Crippen LogP contribution in [0.4, 0.5) is 5.69 Å². The van der Waals surface area contributed by atoms with Crippen LogP contribution in [0, 0.1) is 17.2 Å². The second kappa shape index (κ2) is 6.95. The first kappa shape index (κ1) is 16.8. The van der Waals surface area contributed by atoms with Gasteiger partial charge in [-0.2, -0.15) is 5.26 Å². The maximum atomic E-state index is 12.2. The number of para-hydroxylation sites is 1. The van der Waals surface area contributed by atoms with Crippen molar-refractivity contribution in [3.05, 3.63) is 35.5 Å². The maximum Gasteiger partial charge on any atom is 0.225 e. The third-order valence-corrected chi connectivity index (χ3v) is 5.56. The van der Waals surface area contributed by atoms with Crippen LogP contribution in [0.1, 0.15) is 43.7 Å². The minimum Gasteiger partial charge on any atom is -0.381 e. The van der Waals surface area contributed by atoms with E-state index in [4.69, 9.17) is 0 Å². The lowest BCUT2D eigenvalue weighted by Gasteiger charge is -2.33. The molecule has 1 aromatic heterocycles. The number of benzene rings is 1. The number of carbonyl (C=O) groups is 1. The average Bonchev–Trinajstić information content (AvgIpc) is 3.53. The van der Waals surface area contributed by atoms with Gasteiger partial charge < -0.3 is 10.2 Å². The molecule has 1 amide bonds. The fourth-order valence-electron chi connectivity index (χ4n) is 3.85. The van der Waals surface area contributed by atoms with Crippen LogP contribution in [0.3, 0.4) is 0 Å². The molecular formula is C21H24N4O. The van der Waals surface area contributed by atoms with Crippen molar-refractivity contribution in [1.82, 2.24) is 9.88 Å². The first-order valence-corrected chi connectivity index (χ1v) is 9.57. The number of piperidine rings is 1. The number of pyridine rings is 1. The minimum atomic E-state index is 0.279. The Morgan fingerprint density at radius 2 is 2.08 bits per heavy atom. The van der Waals surface area contributed by atoms with Gasteiger partial charge in [-0.1, -0.05) is 25.1 Å². The number of hydrogen-bond acceptors (Lipinski definition) is 4. The van der Waals surface area contributed by atoms with E-state index in [0.29, 0.717) is 17.4 Å². The van der Waals surface area contributed by atoms with Crippen LogP contribution in [-0.4, -0.2) is 34.9 Å². The molecule has 5 heteroatoms. The highest BCUT2D eigenvalue weighted by molar-refractivity contribution is 5.95. The van der Waals surface area contributed by atoms with E-state index in [-0.39, 0.29) is 6.04 Å². The van der Waals surface area contributed by atoms with Gasteiger partial charge in [0, 0.05) is 36.6 Å². The van der Waals surface area contributed by atoms with Crippen LogP contribution >= 0.6 is 0 Å². The van der Waals surface area contributed by atoms with E-state index in [1.54, 1.807) is 6.20 Å². The van der Waals surface area contributed by atoms with Crippen LogP contribution in [0.15, 0.2) is 24.4 Å². The Balaban J connectivity index is 1.55. The smallest absolute Gasteiger partial charge is 0.225 e. The van der Waals surface area contributed by atoms with Gasteiger partial charge in [0.15, 0.2) is 0 Å². The summed E-state index contributed by atoms with van der Waals surface area (Å²) < 4.78 is 0. The lowest BCUT2D eigenvalue weighted by Crippen LogP contribution is -2.43. The fourth-order valence-corrected chi connectivity index (χ4v) is 3.85. The number of aryl methyl sites for hydroxylation is 1. The van der Waals surface area contributed by atoms with Gasteiger partial charge in [0.25, 0.3) is 0 Å². The molecule has 1 aromatic carbocycles. The highest BCUT2D eigenvalue weighted by Gasteiger charge is 2.35. The molecule has 5 nitrogen and oxygen atoms in total. The van der Waals surface area contributed by atoms with Gasteiger partial charge in [-0.25, -0.2) is 0 Å². The number of nitrogens with one attached hydrogen (secondary N) is 1. The van der Waals surface area contributed by atoms with Crippen LogP contribution in [0.5, 0.6) is 0 Å². The second-order valence-electron chi connectivity index (χ2n) is 7.34. The van der Waals surface area contributed by atoms with Crippen molar-refractivity contribution < 1.29 is 4.79 Å². The molecule has 2 aliphatic rings. The first-order chi connectivity index (χ1) is 12.7. The van der Waals surface area contributed by atoms with Crippen molar-refractivity contribution in [2.24, 2.45) is 5.92 Å². The van der Waals surface area contributed by atoms with E-state index in [0.717, 1.165) is 61.8 Å². The van der Waals surface area contributed by atoms with Gasteiger partial charge >= 0.3 is 0 Å². The zero-order chi connectivity index (χ0) is 18.1. The zero-order valence-electron chi connectivity index (χ0n) is 15.2. The number of amides is 1. The fraction of sp³-hybridized carbons (Fsp3) is 0.476. The van der Waals surface area contributed by atoms with Crippen molar-refractivity contribution in [3.63, 3.8) is 0 Å². The molecule has 0 bridgehead atoms. The number of anilines is 1. The van der Waals surface area contributed by atoms with Crippen LogP contribution in [0.25, 0.3) is 10.9 Å². The lowest BCUT2D eigenvalue weighted by molar-refractivity contribution is -0.133. The minimum absolute atomic E-state index is 0.279. The standard InChI is InChI=1S/C21H24N4O/c1-2-14-4-3-5-18-19(14)23-13-16(12-22)20(18)24-17-8-10-25(11-9-17)21(26)15-6-7-15/h3-5,13,15,17H,2,6-11H2,1H3,(H,23,24). The van der Waals surface area contributed by atoms with Gasteiger partial charge in [-0.3, -0.25) is 9.78 Å². The zero-order valence-corrected chi connectivity index (χ0v) is 15.2. The summed E-state index contributed by atoms with van der Waals surface area (Å²) in [6.07, 6.45) is 6.55. The van der Waals surface area contributed by atoms with Crippen molar-refractivity contribution in [1.29, 1.82) is 5.26 Å². The number of carbonyl (C=O) groups excluding carboxylic acids is 1. The number of nitrogens with zero attached hydrogens (tertiary/aromatic N) is 3. The highest BCUT2D eigenvalue weighted by atomic mass is 16.2. The molecule has 0 radical (unpaired) electrons. The number of likely N-dealkylation sites (tertiary alicyclic amines) is 1. The molecule has 0 unspecified atom stereocenters. The molecule has 1 saturated carbocycles. The number of rotatable bonds is 4. The van der Waals surface area contributed by atoms with Crippen LogP contribution in [0.2, 0.25) is 0 Å². The predicted octanol–water partition coefficient (Wildman–Crippen LogP) is 3.48. The molecule has 26 heavy (non-hydrogen) atoms. The van der Waals surface area contributed by atoms with Crippen molar-refractivity contribution in [2.75, 3.05) is 18.4 Å². The van der Waals surface area contributed by atoms with Crippen LogP contribution < -0.4 is 5.32 Å². The summed E-state index contributed by atoms with van der Waals surface area (Å²) in [7, 11) is 0. The monoisotopic (exact) mass is 348 g/mol. The predicted molar refractivity (Wildman–Crippen MR) is 102 cm³/mol. The Morgan fingerprint density at radius 1 is 1.31 bits per heavy atom. The molecule has 2 heterocycles. The molecule has 134 valence electrons. The molecule has 0 atom stereocenters. The average molecular weight is 348 g/mol. The summed E-state index contributed by atoms with van der Waals surface area (Å²) in [6, 6.07) is 8.72. The summed E-state index contributed by atoms with van der Waals surface area (Å²) in [4.78, 5) is 18.8. The van der Waals surface area contributed by atoms with Gasteiger partial charge in [0.2, 0.25) is 5.91 Å². The number of aromatic nitrogens is 1. The molecule has 1 aliphatic carbocycles. The molecule has 0 spiro atoms. The molecule has 1 N–H and O–H groups in total. The third kappa shape index (κ3) is 3.12. The first-order valence-electron chi connectivity index (χ1n) is 9.57. The summed E-state index contributed by atoms with van der Waals surface area (Å²) in [5, 5.41) is 14.1. The Bertz CT molecular complexity index is 873. The molecule has 4 rings (SSSR count). The van der Waals surface area contributed by atoms with E-state index in [9.17, 15) is 10.1 Å². The van der Waals surface area contributed by atoms with E-state index in [2.05, 4.69) is 29.4 Å². The van der Waals surface area contributed by atoms with E-state index >= 15 is 0 Å². The van der Waals surface area contributed by atoms with Crippen molar-refractivity contribution >= 4 is 22.5 Å². The van der Waals surface area contributed by atoms with Gasteiger partial charge in [0.1, 0.15) is 6.07 Å². The van der Waals surface area contributed by atoms with Crippen molar-refractivity contribution in [2.45, 2.75) is 45.1 Å². The second-order valence-corrected chi connectivity index (χ2v) is 7.34. The Labute approximate surface area is 154 Å². The summed E-state index contributed by atoms with van der Waals surface area (Å²) in [6.45, 7) is 3.73. The van der Waals surface area contributed by atoms with Crippen LogP contribution in [-0.2, 0) is 11.2 Å². The van der Waals surface area contributed by atoms with Gasteiger partial charge in [-0.15, -0.1) is 0 Å². The maximum absolute atomic E-state index is 12.2. The number of nitriles is 1. The lowest BCUT2D eigenvalue weighted by atomic mass is 10.0. The Kier molecular flexibility index (Phi) is 4.50. The highest BCUT2D eigenvalue weighted by Crippen LogP contribution is 2.33. The molecule has 1 saturated heterocycles. The molecule has 2 aromatic rings. The van der Waals surface area contributed by atoms with E-state index in [1.807, 2.05) is 17.0 Å². The van der Waals surface area contributed by atoms with Gasteiger partial charge in [-0.05, 0) is 37.7 Å². The molecular weight excluding hydrogens is 324 g/mol. The van der Waals surface area contributed by atoms with Gasteiger partial charge in [0.05, 0.1) is 16.8 Å². The quantitative estimate of drug-likeness (QED) is 0.918. The SMILES string of the molecule is CCc1cccc2c(NC3CCN(C(=O)C4CC4)CC3)c(C#N)cnc12. The third-order valence-electron chi connectivity index (χ3n) is 5.56. The Morgan fingerprint density at radius 3 is 2.73 bits per heavy atom. The summed E-state index contributed by atoms with van der Waals surface area (Å²) in [5.74, 6) is 0.629. The van der Waals surface area contributed by atoms with Crippen molar-refractivity contribution in [3.8, 4) is 6.07 Å². The number of hydrogen-bond donors (Lipinski definition) is 1. The van der Waals surface area contributed by atoms with E-state index in [1.165, 1.54) is 5.56 Å². The normalized spacial score (nSPS) is 17.9. The molecule has 1 aliphatic heterocycles. The summed E-state index contributed by atoms with van der Waals surface area (Å²) in [5.41, 5.74) is 3.64. The molecule has 2 fully saturated rings. The number of fused-ring (bicyclic) bond motifs is 1. The largest absolute Gasteiger partial charge is 0.381 e.